The summed E-state index contributed by atoms with van der Waals surface area (Å²) in [5.74, 6) is 1.41. The highest BCUT2D eigenvalue weighted by atomic mass is 16.5. The summed E-state index contributed by atoms with van der Waals surface area (Å²) in [5, 5.41) is 3.84. The number of amides is 1. The maximum Gasteiger partial charge on any atom is 0.251 e. The van der Waals surface area contributed by atoms with Gasteiger partial charge in [0.05, 0.1) is 19.7 Å². The second-order valence-electron chi connectivity index (χ2n) is 6.95. The molecule has 0 atom stereocenters. The van der Waals surface area contributed by atoms with E-state index < -0.39 is 0 Å². The molecule has 0 radical (unpaired) electrons. The van der Waals surface area contributed by atoms with Crippen LogP contribution in [0, 0.1) is 6.92 Å². The number of methoxy groups -OCH3 is 2. The van der Waals surface area contributed by atoms with Crippen molar-refractivity contribution in [2.45, 2.75) is 26.2 Å². The van der Waals surface area contributed by atoms with Crippen LogP contribution in [0.5, 0.6) is 11.5 Å². The predicted octanol–water partition coefficient (Wildman–Crippen LogP) is 3.15. The summed E-state index contributed by atoms with van der Waals surface area (Å²) in [6.07, 6.45) is 1.53. The first-order valence-electron chi connectivity index (χ1n) is 9.61. The van der Waals surface area contributed by atoms with Crippen LogP contribution in [0.25, 0.3) is 10.9 Å². The number of ether oxygens (including phenoxy) is 2. The minimum absolute atomic E-state index is 0.0316. The summed E-state index contributed by atoms with van der Waals surface area (Å²) < 4.78 is 10.5. The van der Waals surface area contributed by atoms with Gasteiger partial charge in [0.1, 0.15) is 11.5 Å². The molecule has 1 aromatic heterocycles. The molecule has 29 heavy (non-hydrogen) atoms. The van der Waals surface area contributed by atoms with Crippen LogP contribution in [-0.4, -0.2) is 31.7 Å². The van der Waals surface area contributed by atoms with Crippen molar-refractivity contribution in [3.63, 3.8) is 0 Å². The third-order valence-electron chi connectivity index (χ3n) is 5.01. The van der Waals surface area contributed by atoms with Crippen LogP contribution in [0.15, 0.2) is 47.3 Å². The molecule has 6 nitrogen and oxygen atoms in total. The fraction of sp³-hybridized carbons (Fsp3) is 0.304. The Balaban J connectivity index is 1.57. The van der Waals surface area contributed by atoms with E-state index in [2.05, 4.69) is 10.3 Å². The number of hydrogen-bond acceptors (Lipinski definition) is 4. The first-order valence-corrected chi connectivity index (χ1v) is 9.61. The maximum atomic E-state index is 12.4. The molecule has 0 fully saturated rings. The number of H-pyrrole nitrogens is 1. The van der Waals surface area contributed by atoms with E-state index in [1.807, 2.05) is 49.4 Å². The lowest BCUT2D eigenvalue weighted by molar-refractivity contribution is -0.121. The zero-order chi connectivity index (χ0) is 20.8. The molecular formula is C23H26N2O4. The van der Waals surface area contributed by atoms with Gasteiger partial charge in [0.15, 0.2) is 0 Å². The van der Waals surface area contributed by atoms with Gasteiger partial charge in [0, 0.05) is 23.9 Å². The molecule has 2 N–H and O–H groups in total. The Kier molecular flexibility index (Phi) is 6.54. The van der Waals surface area contributed by atoms with Crippen molar-refractivity contribution < 1.29 is 14.3 Å². The summed E-state index contributed by atoms with van der Waals surface area (Å²) in [4.78, 5) is 27.5. The van der Waals surface area contributed by atoms with E-state index in [9.17, 15) is 9.59 Å². The molecule has 0 aliphatic carbocycles. The number of nitrogens with one attached hydrogen (secondary N) is 2. The second kappa shape index (κ2) is 9.28. The van der Waals surface area contributed by atoms with Gasteiger partial charge in [-0.05, 0) is 55.2 Å². The summed E-state index contributed by atoms with van der Waals surface area (Å²) >= 11 is 0. The minimum atomic E-state index is -0.158. The van der Waals surface area contributed by atoms with Crippen LogP contribution in [0.1, 0.15) is 23.1 Å². The molecule has 3 rings (SSSR count). The Hall–Kier alpha value is -3.28. The maximum absolute atomic E-state index is 12.4. The highest BCUT2D eigenvalue weighted by Crippen LogP contribution is 2.25. The Morgan fingerprint density at radius 2 is 1.79 bits per heavy atom. The summed E-state index contributed by atoms with van der Waals surface area (Å²) in [6.45, 7) is 2.41. The Morgan fingerprint density at radius 3 is 2.48 bits per heavy atom. The molecule has 0 aliphatic rings. The van der Waals surface area contributed by atoms with Crippen LogP contribution >= 0.6 is 0 Å². The zero-order valence-electron chi connectivity index (χ0n) is 17.0. The fourth-order valence-corrected chi connectivity index (χ4v) is 3.28. The number of rotatable bonds is 8. The molecule has 1 heterocycles. The van der Waals surface area contributed by atoms with Crippen LogP contribution in [0.3, 0.4) is 0 Å². The van der Waals surface area contributed by atoms with Gasteiger partial charge in [-0.1, -0.05) is 18.2 Å². The Labute approximate surface area is 169 Å². The lowest BCUT2D eigenvalue weighted by atomic mass is 10.1. The number of aromatic nitrogens is 1. The number of aromatic amines is 1. The lowest BCUT2D eigenvalue weighted by Crippen LogP contribution is -2.27. The van der Waals surface area contributed by atoms with Crippen LogP contribution in [-0.2, 0) is 17.6 Å². The molecule has 2 aromatic carbocycles. The van der Waals surface area contributed by atoms with Gasteiger partial charge >= 0.3 is 0 Å². The van der Waals surface area contributed by atoms with Gasteiger partial charge in [0.2, 0.25) is 5.91 Å². The largest absolute Gasteiger partial charge is 0.497 e. The van der Waals surface area contributed by atoms with E-state index in [0.717, 1.165) is 22.3 Å². The molecule has 0 bridgehead atoms. The van der Waals surface area contributed by atoms with Gasteiger partial charge in [-0.3, -0.25) is 9.59 Å². The average molecular weight is 394 g/mol. The number of carbonyl (C=O) groups is 1. The summed E-state index contributed by atoms with van der Waals surface area (Å²) in [7, 11) is 3.21. The van der Waals surface area contributed by atoms with Gasteiger partial charge in [-0.2, -0.15) is 0 Å². The van der Waals surface area contributed by atoms with Gasteiger partial charge in [-0.25, -0.2) is 0 Å². The van der Waals surface area contributed by atoms with E-state index in [0.29, 0.717) is 42.6 Å². The Bertz CT molecular complexity index is 1050. The van der Waals surface area contributed by atoms with Gasteiger partial charge in [-0.15, -0.1) is 0 Å². The Morgan fingerprint density at radius 1 is 1.03 bits per heavy atom. The zero-order valence-corrected chi connectivity index (χ0v) is 17.0. The number of hydrogen-bond donors (Lipinski definition) is 2. The van der Waals surface area contributed by atoms with Crippen LogP contribution in [0.4, 0.5) is 0 Å². The molecular weight excluding hydrogens is 368 g/mol. The van der Waals surface area contributed by atoms with E-state index in [4.69, 9.17) is 9.47 Å². The number of aryl methyl sites for hydroxylation is 2. The molecule has 0 saturated carbocycles. The van der Waals surface area contributed by atoms with Crippen molar-refractivity contribution in [2.75, 3.05) is 20.8 Å². The predicted molar refractivity (Wildman–Crippen MR) is 114 cm³/mol. The lowest BCUT2D eigenvalue weighted by Gasteiger charge is -2.10. The number of benzene rings is 2. The van der Waals surface area contributed by atoms with Crippen molar-refractivity contribution in [2.24, 2.45) is 0 Å². The van der Waals surface area contributed by atoms with Crippen LogP contribution < -0.4 is 20.3 Å². The number of carbonyl (C=O) groups excluding carboxylic acids is 1. The smallest absolute Gasteiger partial charge is 0.251 e. The van der Waals surface area contributed by atoms with E-state index in [1.165, 1.54) is 0 Å². The van der Waals surface area contributed by atoms with Gasteiger partial charge in [0.25, 0.3) is 5.56 Å². The molecule has 0 saturated heterocycles. The topological polar surface area (TPSA) is 80.4 Å². The first-order chi connectivity index (χ1) is 14.0. The van der Waals surface area contributed by atoms with Crippen molar-refractivity contribution in [3.05, 3.63) is 69.5 Å². The molecule has 152 valence electrons. The summed E-state index contributed by atoms with van der Waals surface area (Å²) in [6, 6.07) is 13.4. The van der Waals surface area contributed by atoms with Crippen molar-refractivity contribution in [1.29, 1.82) is 0 Å². The monoisotopic (exact) mass is 394 g/mol. The van der Waals surface area contributed by atoms with E-state index in [-0.39, 0.29) is 11.5 Å². The minimum Gasteiger partial charge on any atom is -0.497 e. The van der Waals surface area contributed by atoms with E-state index >= 15 is 0 Å². The first kappa shape index (κ1) is 20.5. The van der Waals surface area contributed by atoms with Gasteiger partial charge < -0.3 is 19.8 Å². The van der Waals surface area contributed by atoms with Crippen LogP contribution in [0.2, 0.25) is 0 Å². The van der Waals surface area contributed by atoms with E-state index in [1.54, 1.807) is 14.2 Å². The third-order valence-corrected chi connectivity index (χ3v) is 5.01. The SMILES string of the molecule is COc1ccc(CCC(=O)NCCc2cc3c(C)ccc(OC)c3[nH]c2=O)cc1. The normalized spacial score (nSPS) is 10.7. The molecule has 0 spiro atoms. The molecule has 0 aliphatic heterocycles. The molecule has 1 amide bonds. The standard InChI is InChI=1S/C23H26N2O4/c1-15-4-10-20(29-3)22-19(15)14-17(23(27)25-22)12-13-24-21(26)11-7-16-5-8-18(28-2)9-6-16/h4-6,8-10,14H,7,11-13H2,1-3H3,(H,24,26)(H,25,27). The quantitative estimate of drug-likeness (QED) is 0.615. The average Bonchev–Trinajstić information content (AvgIpc) is 2.73. The molecule has 0 unspecified atom stereocenters. The highest BCUT2D eigenvalue weighted by molar-refractivity contribution is 5.87. The van der Waals surface area contributed by atoms with Crippen molar-refractivity contribution in [1.82, 2.24) is 10.3 Å². The van der Waals surface area contributed by atoms with Crippen molar-refractivity contribution in [3.8, 4) is 11.5 Å². The number of fused-ring (bicyclic) bond motifs is 1. The fourth-order valence-electron chi connectivity index (χ4n) is 3.28. The van der Waals surface area contributed by atoms with Crippen molar-refractivity contribution >= 4 is 16.8 Å². The summed E-state index contributed by atoms with van der Waals surface area (Å²) in [5.41, 5.74) is 3.32. The second-order valence-corrected chi connectivity index (χ2v) is 6.95. The molecule has 6 heteroatoms. The third kappa shape index (κ3) is 4.96. The molecule has 3 aromatic rings. The number of pyridine rings is 1. The highest BCUT2D eigenvalue weighted by Gasteiger charge is 2.10.